The fourth-order valence-electron chi connectivity index (χ4n) is 2.90. The molecule has 1 fully saturated rings. The zero-order valence-electron chi connectivity index (χ0n) is 14.3. The largest absolute Gasteiger partial charge is 0.492 e. The van der Waals surface area contributed by atoms with Crippen LogP contribution in [0.1, 0.15) is 0 Å². The Kier molecular flexibility index (Phi) is 5.75. The molecule has 2 aromatic carbocycles. The van der Waals surface area contributed by atoms with Gasteiger partial charge in [-0.3, -0.25) is 4.90 Å². The molecule has 1 heterocycles. The molecule has 0 unspecified atom stereocenters. The van der Waals surface area contributed by atoms with Crippen LogP contribution < -0.4 is 14.8 Å². The number of hydrogen-bond acceptors (Lipinski definition) is 5. The monoisotopic (exact) mass is 379 g/mol. The Hall–Kier alpha value is -2.16. The van der Waals surface area contributed by atoms with E-state index in [2.05, 4.69) is 9.80 Å². The number of nitrogens with zero attached hydrogens (tertiary/aromatic N) is 2. The second kappa shape index (κ2) is 8.03. The predicted octanol–water partition coefficient (Wildman–Crippen LogP) is 1.67. The van der Waals surface area contributed by atoms with Crippen molar-refractivity contribution in [1.29, 1.82) is 0 Å². The molecule has 2 aromatic rings. The van der Waals surface area contributed by atoms with Crippen LogP contribution in [0.4, 0.5) is 10.1 Å². The number of hydrogen-bond donors (Lipinski definition) is 1. The van der Waals surface area contributed by atoms with Gasteiger partial charge in [-0.1, -0.05) is 0 Å². The Morgan fingerprint density at radius 2 is 1.58 bits per heavy atom. The van der Waals surface area contributed by atoms with Gasteiger partial charge in [-0.2, -0.15) is 0 Å². The SMILES string of the molecule is NS(=O)(=O)c1ccc(OCCN2CCN(c3ccc(F)cc3)CC2)cc1. The molecule has 1 saturated heterocycles. The highest BCUT2D eigenvalue weighted by atomic mass is 32.2. The molecule has 6 nitrogen and oxygen atoms in total. The quantitative estimate of drug-likeness (QED) is 0.826. The first-order valence-electron chi connectivity index (χ1n) is 8.40. The van der Waals surface area contributed by atoms with Gasteiger partial charge < -0.3 is 9.64 Å². The minimum atomic E-state index is -3.68. The van der Waals surface area contributed by atoms with Crippen molar-refractivity contribution in [2.75, 3.05) is 44.2 Å². The molecular formula is C18H22FN3O3S. The van der Waals surface area contributed by atoms with Gasteiger partial charge in [0, 0.05) is 38.4 Å². The van der Waals surface area contributed by atoms with Crippen molar-refractivity contribution in [3.8, 4) is 5.75 Å². The number of anilines is 1. The summed E-state index contributed by atoms with van der Waals surface area (Å²) in [6.45, 7) is 4.89. The maximum Gasteiger partial charge on any atom is 0.238 e. The van der Waals surface area contributed by atoms with Gasteiger partial charge in [0.25, 0.3) is 0 Å². The van der Waals surface area contributed by atoms with Crippen LogP contribution in [0, 0.1) is 5.82 Å². The summed E-state index contributed by atoms with van der Waals surface area (Å²) in [7, 11) is -3.68. The molecule has 3 rings (SSSR count). The van der Waals surface area contributed by atoms with Crippen LogP contribution in [0.3, 0.4) is 0 Å². The fourth-order valence-corrected chi connectivity index (χ4v) is 3.42. The Labute approximate surface area is 153 Å². The van der Waals surface area contributed by atoms with Gasteiger partial charge in [0.05, 0.1) is 4.90 Å². The zero-order chi connectivity index (χ0) is 18.6. The van der Waals surface area contributed by atoms with E-state index in [0.29, 0.717) is 12.4 Å². The molecule has 8 heteroatoms. The highest BCUT2D eigenvalue weighted by Crippen LogP contribution is 2.17. The number of halogens is 1. The van der Waals surface area contributed by atoms with Crippen molar-refractivity contribution in [3.63, 3.8) is 0 Å². The number of primary sulfonamides is 1. The van der Waals surface area contributed by atoms with Crippen LogP contribution in [0.15, 0.2) is 53.4 Å². The third-order valence-corrected chi connectivity index (χ3v) is 5.32. The summed E-state index contributed by atoms with van der Waals surface area (Å²) in [6.07, 6.45) is 0. The van der Waals surface area contributed by atoms with E-state index in [1.54, 1.807) is 24.3 Å². The molecule has 0 saturated carbocycles. The Balaban J connectivity index is 1.42. The summed E-state index contributed by atoms with van der Waals surface area (Å²) in [6, 6.07) is 12.7. The van der Waals surface area contributed by atoms with E-state index >= 15 is 0 Å². The molecular weight excluding hydrogens is 357 g/mol. The third kappa shape index (κ3) is 4.94. The van der Waals surface area contributed by atoms with Crippen LogP contribution in [-0.2, 0) is 10.0 Å². The molecule has 0 aromatic heterocycles. The summed E-state index contributed by atoms with van der Waals surface area (Å²) in [5, 5.41) is 5.07. The number of benzene rings is 2. The Bertz CT molecular complexity index is 818. The molecule has 0 aliphatic carbocycles. The first-order valence-corrected chi connectivity index (χ1v) is 9.95. The van der Waals surface area contributed by atoms with Crippen LogP contribution in [0.2, 0.25) is 0 Å². The topological polar surface area (TPSA) is 75.9 Å². The van der Waals surface area contributed by atoms with Gasteiger partial charge in [-0.15, -0.1) is 0 Å². The smallest absolute Gasteiger partial charge is 0.238 e. The standard InChI is InChI=1S/C18H22FN3O3S/c19-15-1-3-16(4-2-15)22-11-9-21(10-12-22)13-14-25-17-5-7-18(8-6-17)26(20,23)24/h1-8H,9-14H2,(H2,20,23,24). The second-order valence-corrected chi connectivity index (χ2v) is 7.73. The molecule has 0 radical (unpaired) electrons. The predicted molar refractivity (Wildman–Crippen MR) is 98.4 cm³/mol. The molecule has 0 bridgehead atoms. The molecule has 1 aliphatic rings. The van der Waals surface area contributed by atoms with Crippen LogP contribution in [0.25, 0.3) is 0 Å². The van der Waals surface area contributed by atoms with Gasteiger partial charge in [-0.05, 0) is 48.5 Å². The highest BCUT2D eigenvalue weighted by molar-refractivity contribution is 7.89. The summed E-state index contributed by atoms with van der Waals surface area (Å²) in [5.74, 6) is 0.393. The number of sulfonamides is 1. The Morgan fingerprint density at radius 1 is 0.962 bits per heavy atom. The number of piperazine rings is 1. The lowest BCUT2D eigenvalue weighted by Crippen LogP contribution is -2.47. The average molecular weight is 379 g/mol. The molecule has 1 aliphatic heterocycles. The van der Waals surface area contributed by atoms with Crippen molar-refractivity contribution in [2.24, 2.45) is 5.14 Å². The number of ether oxygens (including phenoxy) is 1. The molecule has 0 atom stereocenters. The van der Waals surface area contributed by atoms with Crippen molar-refractivity contribution in [1.82, 2.24) is 4.90 Å². The molecule has 140 valence electrons. The maximum absolute atomic E-state index is 13.0. The average Bonchev–Trinajstić information content (AvgIpc) is 2.63. The van der Waals surface area contributed by atoms with Crippen LogP contribution in [0.5, 0.6) is 5.75 Å². The lowest BCUT2D eigenvalue weighted by molar-refractivity contribution is 0.200. The lowest BCUT2D eigenvalue weighted by atomic mass is 10.2. The minimum Gasteiger partial charge on any atom is -0.492 e. The summed E-state index contributed by atoms with van der Waals surface area (Å²) < 4.78 is 41.1. The highest BCUT2D eigenvalue weighted by Gasteiger charge is 2.17. The van der Waals surface area contributed by atoms with E-state index in [1.165, 1.54) is 24.3 Å². The third-order valence-electron chi connectivity index (χ3n) is 4.39. The molecule has 2 N–H and O–H groups in total. The van der Waals surface area contributed by atoms with E-state index in [-0.39, 0.29) is 10.7 Å². The first kappa shape index (κ1) is 18.6. The summed E-state index contributed by atoms with van der Waals surface area (Å²) >= 11 is 0. The zero-order valence-corrected chi connectivity index (χ0v) is 15.2. The fraction of sp³-hybridized carbons (Fsp3) is 0.333. The van der Waals surface area contributed by atoms with Crippen molar-refractivity contribution in [2.45, 2.75) is 4.90 Å². The van der Waals surface area contributed by atoms with Crippen molar-refractivity contribution in [3.05, 3.63) is 54.3 Å². The molecule has 0 spiro atoms. The lowest BCUT2D eigenvalue weighted by Gasteiger charge is -2.36. The van der Waals surface area contributed by atoms with Gasteiger partial charge in [-0.25, -0.2) is 17.9 Å². The van der Waals surface area contributed by atoms with Gasteiger partial charge in [0.15, 0.2) is 0 Å². The normalized spacial score (nSPS) is 15.8. The van der Waals surface area contributed by atoms with Gasteiger partial charge in [0.1, 0.15) is 18.2 Å². The molecule has 0 amide bonds. The number of rotatable bonds is 6. The molecule has 26 heavy (non-hydrogen) atoms. The van der Waals surface area contributed by atoms with Crippen LogP contribution in [-0.4, -0.2) is 52.6 Å². The summed E-state index contributed by atoms with van der Waals surface area (Å²) in [4.78, 5) is 4.61. The van der Waals surface area contributed by atoms with Crippen molar-refractivity contribution >= 4 is 15.7 Å². The van der Waals surface area contributed by atoms with Crippen LogP contribution >= 0.6 is 0 Å². The van der Waals surface area contributed by atoms with E-state index < -0.39 is 10.0 Å². The second-order valence-electron chi connectivity index (χ2n) is 6.17. The maximum atomic E-state index is 13.0. The Morgan fingerprint density at radius 3 is 2.15 bits per heavy atom. The van der Waals surface area contributed by atoms with E-state index in [4.69, 9.17) is 9.88 Å². The first-order chi connectivity index (χ1) is 12.4. The minimum absolute atomic E-state index is 0.0711. The van der Waals surface area contributed by atoms with Gasteiger partial charge in [0.2, 0.25) is 10.0 Å². The van der Waals surface area contributed by atoms with E-state index in [1.807, 2.05) is 0 Å². The van der Waals surface area contributed by atoms with Gasteiger partial charge >= 0.3 is 0 Å². The van der Waals surface area contributed by atoms with Crippen molar-refractivity contribution < 1.29 is 17.5 Å². The van der Waals surface area contributed by atoms with E-state index in [0.717, 1.165) is 38.4 Å². The summed E-state index contributed by atoms with van der Waals surface area (Å²) in [5.41, 5.74) is 1.04. The number of nitrogens with two attached hydrogens (primary N) is 1. The van der Waals surface area contributed by atoms with E-state index in [9.17, 15) is 12.8 Å².